The number of carbonyl (C=O) groups excluding carboxylic acids is 1. The number of carbonyl (C=O) groups is 1. The van der Waals surface area contributed by atoms with Gasteiger partial charge in [0.2, 0.25) is 5.91 Å². The van der Waals surface area contributed by atoms with Crippen LogP contribution >= 0.6 is 11.3 Å². The summed E-state index contributed by atoms with van der Waals surface area (Å²) in [4.78, 5) is 34.0. The van der Waals surface area contributed by atoms with Gasteiger partial charge in [0, 0.05) is 16.6 Å². The molecule has 5 aromatic rings. The van der Waals surface area contributed by atoms with Gasteiger partial charge in [-0.3, -0.25) is 14.2 Å². The third-order valence-corrected chi connectivity index (χ3v) is 6.89. The van der Waals surface area contributed by atoms with Crippen LogP contribution in [-0.2, 0) is 17.9 Å². The Hall–Kier alpha value is -4.17. The van der Waals surface area contributed by atoms with Gasteiger partial charge in [0.1, 0.15) is 19.8 Å². The van der Waals surface area contributed by atoms with E-state index in [2.05, 4.69) is 4.98 Å². The van der Waals surface area contributed by atoms with Crippen molar-refractivity contribution in [1.82, 2.24) is 9.55 Å². The van der Waals surface area contributed by atoms with Gasteiger partial charge in [-0.25, -0.2) is 4.98 Å². The second kappa shape index (κ2) is 8.88. The van der Waals surface area contributed by atoms with Crippen molar-refractivity contribution in [1.29, 1.82) is 0 Å². The number of hydrogen-bond donors (Lipinski definition) is 0. The van der Waals surface area contributed by atoms with E-state index in [1.165, 1.54) is 10.9 Å². The highest BCUT2D eigenvalue weighted by atomic mass is 32.1. The van der Waals surface area contributed by atoms with E-state index < -0.39 is 0 Å². The van der Waals surface area contributed by atoms with E-state index in [0.29, 0.717) is 47.8 Å². The Labute approximate surface area is 204 Å². The number of anilines is 1. The zero-order valence-corrected chi connectivity index (χ0v) is 19.5. The second-order valence-electron chi connectivity index (χ2n) is 8.28. The Kier molecular flexibility index (Phi) is 5.42. The van der Waals surface area contributed by atoms with Gasteiger partial charge < -0.3 is 14.4 Å². The maximum atomic E-state index is 13.6. The summed E-state index contributed by atoms with van der Waals surface area (Å²) in [6.45, 7) is 1.21. The normalized spacial score (nSPS) is 12.7. The van der Waals surface area contributed by atoms with Crippen LogP contribution in [0.4, 0.5) is 5.69 Å². The van der Waals surface area contributed by atoms with Crippen molar-refractivity contribution in [3.63, 3.8) is 0 Å². The third kappa shape index (κ3) is 4.13. The molecule has 8 heteroatoms. The van der Waals surface area contributed by atoms with Gasteiger partial charge in [0.25, 0.3) is 5.56 Å². The number of amides is 1. The van der Waals surface area contributed by atoms with Crippen LogP contribution in [0.25, 0.3) is 21.7 Å². The van der Waals surface area contributed by atoms with Crippen molar-refractivity contribution in [2.75, 3.05) is 18.1 Å². The molecule has 0 bridgehead atoms. The number of thiophene rings is 1. The molecule has 0 aliphatic carbocycles. The maximum Gasteiger partial charge on any atom is 0.261 e. The first kappa shape index (κ1) is 21.4. The van der Waals surface area contributed by atoms with Crippen LogP contribution in [0, 0.1) is 0 Å². The minimum absolute atomic E-state index is 0.131. The number of ether oxygens (including phenoxy) is 2. The lowest BCUT2D eigenvalue weighted by Crippen LogP contribution is -2.36. The number of rotatable bonds is 5. The smallest absolute Gasteiger partial charge is 0.261 e. The molecule has 35 heavy (non-hydrogen) atoms. The van der Waals surface area contributed by atoms with E-state index in [0.717, 1.165) is 15.6 Å². The predicted molar refractivity (Wildman–Crippen MR) is 136 cm³/mol. The molecule has 7 nitrogen and oxygen atoms in total. The monoisotopic (exact) mass is 483 g/mol. The van der Waals surface area contributed by atoms with E-state index in [9.17, 15) is 9.59 Å². The van der Waals surface area contributed by atoms with Gasteiger partial charge in [0.15, 0.2) is 11.5 Å². The van der Waals surface area contributed by atoms with Crippen molar-refractivity contribution >= 4 is 44.6 Å². The molecule has 6 rings (SSSR count). The highest BCUT2D eigenvalue weighted by Gasteiger charge is 2.21. The van der Waals surface area contributed by atoms with Crippen LogP contribution in [0.2, 0.25) is 0 Å². The largest absolute Gasteiger partial charge is 0.486 e. The third-order valence-electron chi connectivity index (χ3n) is 6.03. The number of fused-ring (bicyclic) bond motifs is 3. The lowest BCUT2D eigenvalue weighted by atomic mass is 10.1. The zero-order valence-electron chi connectivity index (χ0n) is 18.7. The first-order valence-corrected chi connectivity index (χ1v) is 12.1. The molecular weight excluding hydrogens is 462 g/mol. The van der Waals surface area contributed by atoms with E-state index in [1.54, 1.807) is 16.2 Å². The summed E-state index contributed by atoms with van der Waals surface area (Å²) >= 11 is 1.57. The van der Waals surface area contributed by atoms with Gasteiger partial charge >= 0.3 is 0 Å². The molecule has 174 valence electrons. The van der Waals surface area contributed by atoms with Crippen molar-refractivity contribution in [3.8, 4) is 11.5 Å². The molecule has 0 spiro atoms. The molecular formula is C27H21N3O4S. The van der Waals surface area contributed by atoms with Crippen molar-refractivity contribution in [3.05, 3.63) is 93.7 Å². The molecule has 0 saturated heterocycles. The van der Waals surface area contributed by atoms with Crippen LogP contribution < -0.4 is 19.9 Å². The van der Waals surface area contributed by atoms with Crippen LogP contribution in [-0.4, -0.2) is 28.7 Å². The average molecular weight is 484 g/mol. The topological polar surface area (TPSA) is 73.7 Å². The molecule has 1 aliphatic rings. The van der Waals surface area contributed by atoms with Gasteiger partial charge in [-0.1, -0.05) is 30.3 Å². The first-order valence-electron chi connectivity index (χ1n) is 11.3. The molecule has 0 saturated carbocycles. The lowest BCUT2D eigenvalue weighted by Gasteiger charge is -2.25. The number of hydrogen-bond acceptors (Lipinski definition) is 6. The Balaban J connectivity index is 1.36. The molecule has 3 heterocycles. The Morgan fingerprint density at radius 3 is 2.57 bits per heavy atom. The van der Waals surface area contributed by atoms with E-state index in [-0.39, 0.29) is 18.0 Å². The second-order valence-corrected chi connectivity index (χ2v) is 9.31. The molecule has 1 amide bonds. The van der Waals surface area contributed by atoms with Gasteiger partial charge in [0.05, 0.1) is 23.8 Å². The van der Waals surface area contributed by atoms with E-state index in [4.69, 9.17) is 9.47 Å². The first-order chi connectivity index (χ1) is 17.2. The molecule has 0 atom stereocenters. The summed E-state index contributed by atoms with van der Waals surface area (Å²) in [7, 11) is 0. The molecule has 0 N–H and O–H groups in total. The zero-order chi connectivity index (χ0) is 23.8. The summed E-state index contributed by atoms with van der Waals surface area (Å²) in [5.74, 6) is 1.04. The quantitative estimate of drug-likeness (QED) is 0.341. The summed E-state index contributed by atoms with van der Waals surface area (Å²) in [5.41, 5.74) is 1.05. The fourth-order valence-electron chi connectivity index (χ4n) is 4.27. The maximum absolute atomic E-state index is 13.6. The summed E-state index contributed by atoms with van der Waals surface area (Å²) < 4.78 is 12.7. The summed E-state index contributed by atoms with van der Waals surface area (Å²) in [5, 5.41) is 4.44. The van der Waals surface area contributed by atoms with E-state index >= 15 is 0 Å². The molecule has 2 aromatic heterocycles. The minimum Gasteiger partial charge on any atom is -0.486 e. The van der Waals surface area contributed by atoms with Crippen molar-refractivity contribution in [2.24, 2.45) is 0 Å². The number of benzene rings is 3. The predicted octanol–water partition coefficient (Wildman–Crippen LogP) is 4.62. The average Bonchev–Trinajstić information content (AvgIpc) is 3.41. The molecule has 0 radical (unpaired) electrons. The van der Waals surface area contributed by atoms with Crippen LogP contribution in [0.5, 0.6) is 11.5 Å². The standard InChI is InChI=1S/C27H21N3O4S/c31-26(16-29-17-28-23-13-19-5-2-1-4-18(19)12-22(23)27(29)32)30(15-21-6-3-11-35-21)20-7-8-24-25(14-20)34-10-9-33-24/h1-8,11-14,17H,9-10,15-16H2. The van der Waals surface area contributed by atoms with Gasteiger partial charge in [-0.15, -0.1) is 11.3 Å². The fraction of sp³-hybridized carbons (Fsp3) is 0.148. The summed E-state index contributed by atoms with van der Waals surface area (Å²) in [6.07, 6.45) is 1.45. The van der Waals surface area contributed by atoms with Crippen LogP contribution in [0.3, 0.4) is 0 Å². The SMILES string of the molecule is O=C(Cn1cnc2cc3ccccc3cc2c1=O)N(Cc1cccs1)c1ccc2c(c1)OCCO2. The Morgan fingerprint density at radius 2 is 1.77 bits per heavy atom. The van der Waals surface area contributed by atoms with Gasteiger partial charge in [-0.05, 0) is 46.5 Å². The molecule has 0 fully saturated rings. The van der Waals surface area contributed by atoms with Crippen LogP contribution in [0.1, 0.15) is 4.88 Å². The Morgan fingerprint density at radius 1 is 0.971 bits per heavy atom. The molecule has 0 unspecified atom stereocenters. The minimum atomic E-state index is -0.243. The molecule has 1 aliphatic heterocycles. The van der Waals surface area contributed by atoms with E-state index in [1.807, 2.05) is 72.1 Å². The summed E-state index contributed by atoms with van der Waals surface area (Å²) in [6, 6.07) is 21.0. The highest BCUT2D eigenvalue weighted by molar-refractivity contribution is 7.09. The van der Waals surface area contributed by atoms with Crippen molar-refractivity contribution < 1.29 is 14.3 Å². The molecule has 3 aromatic carbocycles. The lowest BCUT2D eigenvalue weighted by molar-refractivity contribution is -0.119. The van der Waals surface area contributed by atoms with Gasteiger partial charge in [-0.2, -0.15) is 0 Å². The fourth-order valence-corrected chi connectivity index (χ4v) is 4.96. The van der Waals surface area contributed by atoms with Crippen LogP contribution in [0.15, 0.2) is 83.2 Å². The number of nitrogens with zero attached hydrogens (tertiary/aromatic N) is 3. The highest BCUT2D eigenvalue weighted by Crippen LogP contribution is 2.35. The van der Waals surface area contributed by atoms with Crippen molar-refractivity contribution in [2.45, 2.75) is 13.1 Å². The number of aromatic nitrogens is 2. The Bertz CT molecular complexity index is 1610.